The van der Waals surface area contributed by atoms with Crippen LogP contribution in [0.25, 0.3) is 0 Å². The fourth-order valence-electron chi connectivity index (χ4n) is 8.25. The molecule has 0 aliphatic carbocycles. The first-order valence-corrected chi connectivity index (χ1v) is 14.4. The van der Waals surface area contributed by atoms with Gasteiger partial charge >= 0.3 is 12.1 Å². The second-order valence-corrected chi connectivity index (χ2v) is 15.1. The van der Waals surface area contributed by atoms with Gasteiger partial charge in [0.1, 0.15) is 11.1 Å². The van der Waals surface area contributed by atoms with Gasteiger partial charge in [-0.05, 0) is 95.2 Å². The first kappa shape index (κ1) is 30.5. The molecule has 10 heteroatoms. The number of amides is 6. The maximum Gasteiger partial charge on any atom is 0.327 e. The molecule has 2 spiro atoms. The molecule has 4 rings (SSSR count). The summed E-state index contributed by atoms with van der Waals surface area (Å²) >= 11 is 0. The van der Waals surface area contributed by atoms with E-state index in [-0.39, 0.29) is 59.1 Å². The van der Waals surface area contributed by atoms with Gasteiger partial charge in [-0.25, -0.2) is 9.59 Å². The van der Waals surface area contributed by atoms with Crippen LogP contribution in [-0.2, 0) is 9.59 Å². The van der Waals surface area contributed by atoms with Crippen molar-refractivity contribution >= 4 is 23.9 Å². The van der Waals surface area contributed by atoms with E-state index < -0.39 is 11.1 Å². The number of likely N-dealkylation sites (N-methyl/N-ethyl adjacent to an activating group) is 2. The molecule has 4 aliphatic rings. The first-order valence-electron chi connectivity index (χ1n) is 14.4. The Morgan fingerprint density at radius 1 is 0.525 bits per heavy atom. The van der Waals surface area contributed by atoms with Gasteiger partial charge in [0.05, 0.1) is 0 Å². The molecular formula is C30H50N6O4. The van der Waals surface area contributed by atoms with E-state index >= 15 is 0 Å². The molecule has 4 fully saturated rings. The van der Waals surface area contributed by atoms with Crippen LogP contribution < -0.4 is 0 Å². The summed E-state index contributed by atoms with van der Waals surface area (Å²) in [4.78, 5) is 64.7. The Labute approximate surface area is 240 Å². The molecule has 40 heavy (non-hydrogen) atoms. The minimum atomic E-state index is -0.895. The molecule has 0 aromatic rings. The molecule has 4 heterocycles. The molecule has 0 saturated carbocycles. The number of urea groups is 2. The van der Waals surface area contributed by atoms with Crippen molar-refractivity contribution in [3.8, 4) is 0 Å². The Bertz CT molecular complexity index is 1030. The van der Waals surface area contributed by atoms with Crippen molar-refractivity contribution in [3.63, 3.8) is 0 Å². The highest BCUT2D eigenvalue weighted by atomic mass is 16.2. The summed E-state index contributed by atoms with van der Waals surface area (Å²) < 4.78 is 0. The number of nitrogens with zero attached hydrogens (tertiary/aromatic N) is 6. The van der Waals surface area contributed by atoms with E-state index in [0.29, 0.717) is 25.7 Å². The zero-order valence-electron chi connectivity index (χ0n) is 26.7. The molecule has 0 aromatic heterocycles. The third-order valence-corrected chi connectivity index (χ3v) is 10.9. The van der Waals surface area contributed by atoms with Crippen LogP contribution in [0, 0.1) is 0 Å². The SMILES string of the molecule is CN1C(C)(C)CC2(CC1(C)C)C(=O)N(C/C=C/CN1C(=O)N(C)C3(CC(C)(C)N(C)C(C)(C)C3)C1=O)C(=O)N2C. The van der Waals surface area contributed by atoms with Gasteiger partial charge in [-0.3, -0.25) is 29.2 Å². The lowest BCUT2D eigenvalue weighted by atomic mass is 9.68. The van der Waals surface area contributed by atoms with E-state index in [1.165, 1.54) is 9.80 Å². The number of carbonyl (C=O) groups is 4. The average molecular weight is 559 g/mol. The molecule has 6 amide bonds. The number of hydrogen-bond donors (Lipinski definition) is 0. The predicted molar refractivity (Wildman–Crippen MR) is 155 cm³/mol. The van der Waals surface area contributed by atoms with Crippen LogP contribution in [-0.4, -0.2) is 128 Å². The lowest BCUT2D eigenvalue weighted by Crippen LogP contribution is -2.68. The highest BCUT2D eigenvalue weighted by molar-refractivity contribution is 6.08. The topological polar surface area (TPSA) is 87.7 Å². The van der Waals surface area contributed by atoms with Crippen LogP contribution in [0.2, 0.25) is 0 Å². The molecule has 4 saturated heterocycles. The van der Waals surface area contributed by atoms with E-state index in [2.05, 4.69) is 79.3 Å². The number of likely N-dealkylation sites (tertiary alicyclic amines) is 2. The highest BCUT2D eigenvalue weighted by Gasteiger charge is 2.64. The summed E-state index contributed by atoms with van der Waals surface area (Å²) in [5.41, 5.74) is -2.87. The Morgan fingerprint density at radius 3 is 1.02 bits per heavy atom. The van der Waals surface area contributed by atoms with Gasteiger partial charge in [-0.2, -0.15) is 0 Å². The minimum absolute atomic E-state index is 0.0997. The fourth-order valence-corrected chi connectivity index (χ4v) is 8.25. The second-order valence-electron chi connectivity index (χ2n) is 15.1. The smallest absolute Gasteiger partial charge is 0.312 e. The van der Waals surface area contributed by atoms with Gasteiger partial charge in [-0.15, -0.1) is 0 Å². The van der Waals surface area contributed by atoms with Gasteiger partial charge in [0.15, 0.2) is 0 Å². The maximum absolute atomic E-state index is 13.8. The van der Waals surface area contributed by atoms with Crippen molar-refractivity contribution in [2.45, 2.75) is 114 Å². The van der Waals surface area contributed by atoms with Crippen molar-refractivity contribution in [2.75, 3.05) is 41.3 Å². The molecule has 0 unspecified atom stereocenters. The van der Waals surface area contributed by atoms with Crippen LogP contribution in [0.3, 0.4) is 0 Å². The lowest BCUT2D eigenvalue weighted by Gasteiger charge is -2.57. The standard InChI is InChI=1S/C30H50N6O4/c1-25(2)17-29(18-26(3,4)33(25)11)21(37)35(23(39)31(29)9)15-13-14-16-36-22(38)30(32(10)24(36)40)19-27(5,6)34(12)28(7,8)20-30/h13-14H,15-20H2,1-12H3/b14-13+. The molecule has 0 radical (unpaired) electrons. The first-order chi connectivity index (χ1) is 18.1. The molecule has 4 aliphatic heterocycles. The monoisotopic (exact) mass is 558 g/mol. The summed E-state index contributed by atoms with van der Waals surface area (Å²) in [6.45, 7) is 17.1. The highest BCUT2D eigenvalue weighted by Crippen LogP contribution is 2.49. The van der Waals surface area contributed by atoms with Crippen LogP contribution >= 0.6 is 0 Å². The third-order valence-electron chi connectivity index (χ3n) is 10.9. The van der Waals surface area contributed by atoms with Crippen molar-refractivity contribution < 1.29 is 19.2 Å². The number of rotatable bonds is 4. The molecule has 0 N–H and O–H groups in total. The number of carbonyl (C=O) groups excluding carboxylic acids is 4. The number of imide groups is 2. The average Bonchev–Trinajstić information content (AvgIpc) is 3.09. The van der Waals surface area contributed by atoms with E-state index in [0.717, 1.165) is 0 Å². The van der Waals surface area contributed by atoms with Gasteiger partial charge in [0.2, 0.25) is 0 Å². The summed E-state index contributed by atoms with van der Waals surface area (Å²) in [5.74, 6) is -0.358. The largest absolute Gasteiger partial charge is 0.327 e. The molecule has 0 aromatic carbocycles. The van der Waals surface area contributed by atoms with Crippen molar-refractivity contribution in [1.29, 1.82) is 0 Å². The minimum Gasteiger partial charge on any atom is -0.312 e. The predicted octanol–water partition coefficient (Wildman–Crippen LogP) is 3.37. The zero-order chi connectivity index (χ0) is 30.4. The number of piperidine rings is 2. The summed E-state index contributed by atoms with van der Waals surface area (Å²) in [5, 5.41) is 0. The van der Waals surface area contributed by atoms with Crippen molar-refractivity contribution in [3.05, 3.63) is 12.2 Å². The quantitative estimate of drug-likeness (QED) is 0.388. The molecular weight excluding hydrogens is 508 g/mol. The second kappa shape index (κ2) is 9.02. The zero-order valence-corrected chi connectivity index (χ0v) is 26.7. The van der Waals surface area contributed by atoms with E-state index in [4.69, 9.17) is 0 Å². The van der Waals surface area contributed by atoms with Crippen LogP contribution in [0.5, 0.6) is 0 Å². The van der Waals surface area contributed by atoms with Gasteiger partial charge < -0.3 is 9.80 Å². The maximum atomic E-state index is 13.8. The van der Waals surface area contributed by atoms with Crippen LogP contribution in [0.15, 0.2) is 12.2 Å². The Hall–Kier alpha value is -2.46. The molecule has 0 bridgehead atoms. The molecule has 10 nitrogen and oxygen atoms in total. The van der Waals surface area contributed by atoms with Crippen molar-refractivity contribution in [2.24, 2.45) is 0 Å². The van der Waals surface area contributed by atoms with Crippen LogP contribution in [0.4, 0.5) is 9.59 Å². The van der Waals surface area contributed by atoms with Crippen molar-refractivity contribution in [1.82, 2.24) is 29.4 Å². The third kappa shape index (κ3) is 4.19. The van der Waals surface area contributed by atoms with Gasteiger partial charge in [-0.1, -0.05) is 12.2 Å². The van der Waals surface area contributed by atoms with E-state index in [1.54, 1.807) is 36.0 Å². The van der Waals surface area contributed by atoms with Gasteiger partial charge in [0.25, 0.3) is 11.8 Å². The molecule has 224 valence electrons. The van der Waals surface area contributed by atoms with E-state index in [9.17, 15) is 19.2 Å². The number of hydrogen-bond acceptors (Lipinski definition) is 6. The summed E-state index contributed by atoms with van der Waals surface area (Å²) in [6, 6.07) is -0.623. The van der Waals surface area contributed by atoms with E-state index in [1.807, 2.05) is 0 Å². The summed E-state index contributed by atoms with van der Waals surface area (Å²) in [7, 11) is 7.60. The van der Waals surface area contributed by atoms with Gasteiger partial charge in [0, 0.05) is 49.3 Å². The fraction of sp³-hybridized carbons (Fsp3) is 0.800. The normalized spacial score (nSPS) is 29.2. The Morgan fingerprint density at radius 2 is 0.775 bits per heavy atom. The Kier molecular flexibility index (Phi) is 6.88. The lowest BCUT2D eigenvalue weighted by molar-refractivity contribution is -0.144. The summed E-state index contributed by atoms with van der Waals surface area (Å²) in [6.07, 6.45) is 5.65. The Balaban J connectivity index is 1.49. The van der Waals surface area contributed by atoms with Crippen LogP contribution in [0.1, 0.15) is 81.1 Å². The molecule has 0 atom stereocenters.